The molecule has 2 aromatic carbocycles. The minimum atomic E-state index is -0.0436. The average Bonchev–Trinajstić information content (AvgIpc) is 2.89. The maximum absolute atomic E-state index is 9.97. The molecule has 0 saturated heterocycles. The number of nitrogens with zero attached hydrogens (tertiary/aromatic N) is 2. The zero-order valence-corrected chi connectivity index (χ0v) is 12.7. The molecule has 1 aromatic heterocycles. The van der Waals surface area contributed by atoms with E-state index < -0.39 is 0 Å². The fourth-order valence-electron chi connectivity index (χ4n) is 2.44. The third kappa shape index (κ3) is 2.66. The fourth-order valence-corrected chi connectivity index (χ4v) is 2.44. The molecule has 0 aliphatic rings. The molecule has 0 aliphatic carbocycles. The summed E-state index contributed by atoms with van der Waals surface area (Å²) < 4.78 is 6.80. The Hall–Kier alpha value is -3.15. The Morgan fingerprint density at radius 2 is 1.74 bits per heavy atom. The van der Waals surface area contributed by atoms with E-state index in [9.17, 15) is 15.3 Å². The largest absolute Gasteiger partial charge is 0.508 e. The number of hydrogen-bond donors (Lipinski definition) is 3. The number of aryl methyl sites for hydroxylation is 1. The molecule has 0 unspecified atom stereocenters. The molecule has 6 nitrogen and oxygen atoms in total. The Bertz CT molecular complexity index is 871. The van der Waals surface area contributed by atoms with Crippen molar-refractivity contribution in [3.63, 3.8) is 0 Å². The van der Waals surface area contributed by atoms with E-state index in [-0.39, 0.29) is 17.2 Å². The van der Waals surface area contributed by atoms with Crippen LogP contribution in [0.5, 0.6) is 23.0 Å². The molecule has 23 heavy (non-hydrogen) atoms. The SMILES string of the molecule is COc1cc(-c2cc(-c3ccc(O)cc3O)nn2C)ccc1O. The van der Waals surface area contributed by atoms with Crippen molar-refractivity contribution in [2.45, 2.75) is 0 Å². The van der Waals surface area contributed by atoms with Crippen LogP contribution >= 0.6 is 0 Å². The first-order valence-corrected chi connectivity index (χ1v) is 6.93. The maximum Gasteiger partial charge on any atom is 0.161 e. The van der Waals surface area contributed by atoms with Crippen LogP contribution < -0.4 is 4.74 Å². The first-order chi connectivity index (χ1) is 11.0. The van der Waals surface area contributed by atoms with Crippen LogP contribution in [0.4, 0.5) is 0 Å². The van der Waals surface area contributed by atoms with Crippen LogP contribution in [0.1, 0.15) is 0 Å². The first-order valence-electron chi connectivity index (χ1n) is 6.93. The fraction of sp³-hybridized carbons (Fsp3) is 0.118. The van der Waals surface area contributed by atoms with Gasteiger partial charge in [-0.2, -0.15) is 5.10 Å². The van der Waals surface area contributed by atoms with E-state index in [2.05, 4.69) is 5.10 Å². The molecule has 6 heteroatoms. The van der Waals surface area contributed by atoms with Gasteiger partial charge in [-0.3, -0.25) is 4.68 Å². The van der Waals surface area contributed by atoms with Crippen molar-refractivity contribution in [2.24, 2.45) is 7.05 Å². The van der Waals surface area contributed by atoms with Crippen molar-refractivity contribution in [1.82, 2.24) is 9.78 Å². The Morgan fingerprint density at radius 3 is 2.43 bits per heavy atom. The normalized spacial score (nSPS) is 10.7. The quantitative estimate of drug-likeness (QED) is 0.692. The summed E-state index contributed by atoms with van der Waals surface area (Å²) in [4.78, 5) is 0. The maximum atomic E-state index is 9.97. The molecule has 0 spiro atoms. The summed E-state index contributed by atoms with van der Waals surface area (Å²) in [5.74, 6) is 0.385. The van der Waals surface area contributed by atoms with E-state index in [4.69, 9.17) is 4.74 Å². The van der Waals surface area contributed by atoms with Gasteiger partial charge in [-0.15, -0.1) is 0 Å². The van der Waals surface area contributed by atoms with Crippen LogP contribution in [0.25, 0.3) is 22.5 Å². The van der Waals surface area contributed by atoms with E-state index >= 15 is 0 Å². The number of ether oxygens (including phenoxy) is 1. The summed E-state index contributed by atoms with van der Waals surface area (Å²) in [5.41, 5.74) is 2.72. The molecule has 0 radical (unpaired) electrons. The summed E-state index contributed by atoms with van der Waals surface area (Å²) in [6, 6.07) is 11.2. The summed E-state index contributed by atoms with van der Waals surface area (Å²) in [5, 5.41) is 33.4. The van der Waals surface area contributed by atoms with E-state index in [0.717, 1.165) is 11.3 Å². The van der Waals surface area contributed by atoms with Crippen LogP contribution in [0, 0.1) is 0 Å². The molecular formula is C17H16N2O4. The molecule has 1 heterocycles. The van der Waals surface area contributed by atoms with Gasteiger partial charge < -0.3 is 20.1 Å². The zero-order chi connectivity index (χ0) is 16.6. The van der Waals surface area contributed by atoms with Crippen molar-refractivity contribution in [3.05, 3.63) is 42.5 Å². The zero-order valence-electron chi connectivity index (χ0n) is 12.7. The second kappa shape index (κ2) is 5.57. The number of methoxy groups -OCH3 is 1. The minimum absolute atomic E-state index is 0.00863. The van der Waals surface area contributed by atoms with Crippen molar-refractivity contribution >= 4 is 0 Å². The molecule has 118 valence electrons. The van der Waals surface area contributed by atoms with Crippen LogP contribution in [0.2, 0.25) is 0 Å². The van der Waals surface area contributed by atoms with E-state index in [1.54, 1.807) is 36.0 Å². The summed E-state index contributed by atoms with van der Waals surface area (Å²) in [6.07, 6.45) is 0. The smallest absolute Gasteiger partial charge is 0.161 e. The molecule has 0 fully saturated rings. The topological polar surface area (TPSA) is 87.7 Å². The van der Waals surface area contributed by atoms with E-state index in [1.165, 1.54) is 19.2 Å². The molecular weight excluding hydrogens is 296 g/mol. The molecule has 0 bridgehead atoms. The van der Waals surface area contributed by atoms with Crippen LogP contribution in [0.3, 0.4) is 0 Å². The van der Waals surface area contributed by atoms with Crippen LogP contribution in [-0.4, -0.2) is 32.2 Å². The number of aromatic nitrogens is 2. The number of phenols is 3. The van der Waals surface area contributed by atoms with Crippen molar-refractivity contribution in [3.8, 4) is 45.5 Å². The van der Waals surface area contributed by atoms with Gasteiger partial charge in [0.2, 0.25) is 0 Å². The Balaban J connectivity index is 2.08. The Labute approximate surface area is 132 Å². The molecule has 0 aliphatic heterocycles. The monoisotopic (exact) mass is 312 g/mol. The molecule has 0 atom stereocenters. The highest BCUT2D eigenvalue weighted by molar-refractivity contribution is 5.74. The number of hydrogen-bond acceptors (Lipinski definition) is 5. The second-order valence-electron chi connectivity index (χ2n) is 5.13. The lowest BCUT2D eigenvalue weighted by atomic mass is 10.1. The third-order valence-corrected chi connectivity index (χ3v) is 3.61. The van der Waals surface area contributed by atoms with Gasteiger partial charge in [0.25, 0.3) is 0 Å². The summed E-state index contributed by atoms with van der Waals surface area (Å²) >= 11 is 0. The van der Waals surface area contributed by atoms with Gasteiger partial charge in [0.1, 0.15) is 11.5 Å². The van der Waals surface area contributed by atoms with Crippen LogP contribution in [-0.2, 0) is 7.05 Å². The number of phenolic OH excluding ortho intramolecular Hbond substituents is 3. The highest BCUT2D eigenvalue weighted by atomic mass is 16.5. The molecule has 0 saturated carbocycles. The van der Waals surface area contributed by atoms with E-state index in [0.29, 0.717) is 17.0 Å². The lowest BCUT2D eigenvalue weighted by Gasteiger charge is -2.06. The third-order valence-electron chi connectivity index (χ3n) is 3.61. The second-order valence-corrected chi connectivity index (χ2v) is 5.13. The van der Waals surface area contributed by atoms with Gasteiger partial charge >= 0.3 is 0 Å². The number of benzene rings is 2. The standard InChI is InChI=1S/C17H16N2O4/c1-19-14(10-3-6-15(21)17(7-10)23-2)9-13(18-19)12-5-4-11(20)8-16(12)22/h3-9,20-22H,1-2H3. The van der Waals surface area contributed by atoms with Gasteiger partial charge in [-0.1, -0.05) is 0 Å². The van der Waals surface area contributed by atoms with Gasteiger partial charge in [0.05, 0.1) is 18.5 Å². The Kier molecular flexibility index (Phi) is 3.57. The predicted octanol–water partition coefficient (Wildman–Crippen LogP) is 2.88. The van der Waals surface area contributed by atoms with Crippen LogP contribution in [0.15, 0.2) is 42.5 Å². The Morgan fingerprint density at radius 1 is 0.957 bits per heavy atom. The molecule has 3 N–H and O–H groups in total. The lowest BCUT2D eigenvalue weighted by molar-refractivity contribution is 0.373. The number of rotatable bonds is 3. The molecule has 0 amide bonds. The number of aromatic hydroxyl groups is 3. The molecule has 3 aromatic rings. The minimum Gasteiger partial charge on any atom is -0.508 e. The highest BCUT2D eigenvalue weighted by Gasteiger charge is 2.14. The van der Waals surface area contributed by atoms with Gasteiger partial charge in [-0.25, -0.2) is 0 Å². The average molecular weight is 312 g/mol. The van der Waals surface area contributed by atoms with Crippen molar-refractivity contribution < 1.29 is 20.1 Å². The summed E-state index contributed by atoms with van der Waals surface area (Å²) in [6.45, 7) is 0. The van der Waals surface area contributed by atoms with Gasteiger partial charge in [0, 0.05) is 24.2 Å². The lowest BCUT2D eigenvalue weighted by Crippen LogP contribution is -1.94. The predicted molar refractivity (Wildman–Crippen MR) is 85.6 cm³/mol. The van der Waals surface area contributed by atoms with Crippen molar-refractivity contribution in [1.29, 1.82) is 0 Å². The summed E-state index contributed by atoms with van der Waals surface area (Å²) in [7, 11) is 3.28. The van der Waals surface area contributed by atoms with Gasteiger partial charge in [-0.05, 0) is 36.4 Å². The van der Waals surface area contributed by atoms with Gasteiger partial charge in [0.15, 0.2) is 11.5 Å². The van der Waals surface area contributed by atoms with E-state index in [1.807, 2.05) is 6.07 Å². The first kappa shape index (κ1) is 14.8. The van der Waals surface area contributed by atoms with Crippen molar-refractivity contribution in [2.75, 3.05) is 7.11 Å². The molecule has 3 rings (SSSR count). The highest BCUT2D eigenvalue weighted by Crippen LogP contribution is 2.35.